The Balaban J connectivity index is 1.55. The first-order chi connectivity index (χ1) is 16.7. The number of nitrogens with one attached hydrogen (secondary N) is 3. The van der Waals surface area contributed by atoms with Crippen molar-refractivity contribution in [3.05, 3.63) is 88.9 Å². The highest BCUT2D eigenvalue weighted by Crippen LogP contribution is 2.31. The van der Waals surface area contributed by atoms with Crippen LogP contribution in [0.15, 0.2) is 61.1 Å². The van der Waals surface area contributed by atoms with Crippen molar-refractivity contribution in [2.45, 2.75) is 20.4 Å². The van der Waals surface area contributed by atoms with Crippen LogP contribution >= 0.6 is 0 Å². The second-order valence-corrected chi connectivity index (χ2v) is 8.02. The molecule has 2 aromatic heterocycles. The maximum absolute atomic E-state index is 9.71. The van der Waals surface area contributed by atoms with Crippen LogP contribution < -0.4 is 10.6 Å². The van der Waals surface area contributed by atoms with E-state index in [0.717, 1.165) is 58.7 Å². The summed E-state index contributed by atoms with van der Waals surface area (Å²) in [4.78, 5) is 7.51. The monoisotopic (exact) mass is 451 g/mol. The van der Waals surface area contributed by atoms with Gasteiger partial charge in [-0.05, 0) is 48.7 Å². The van der Waals surface area contributed by atoms with Crippen molar-refractivity contribution in [1.82, 2.24) is 15.3 Å². The van der Waals surface area contributed by atoms with Gasteiger partial charge in [-0.1, -0.05) is 36.4 Å². The molecule has 0 radical (unpaired) electrons. The van der Waals surface area contributed by atoms with E-state index in [-0.39, 0.29) is 0 Å². The molecule has 0 aliphatic rings. The lowest BCUT2D eigenvalue weighted by atomic mass is 10.1. The van der Waals surface area contributed by atoms with Gasteiger partial charge in [-0.25, -0.2) is 0 Å². The molecule has 0 spiro atoms. The fraction of sp³-hybridized carbons (Fsp3) is 0.214. The molecule has 0 amide bonds. The zero-order valence-electron chi connectivity index (χ0n) is 19.6. The van der Waals surface area contributed by atoms with E-state index in [1.807, 2.05) is 31.3 Å². The molecule has 0 saturated carbocycles. The Morgan fingerprint density at radius 3 is 2.91 bits per heavy atom. The van der Waals surface area contributed by atoms with E-state index in [9.17, 15) is 5.26 Å². The van der Waals surface area contributed by atoms with Crippen LogP contribution in [0.25, 0.3) is 23.1 Å². The standard InChI is InChI=1S/C28H29N5O/c1-3-34-14-13-30-17-22-6-4-5-21(15-22)7-8-23-18-31-19-24(16-29)28(23)33-26-9-10-27-25(20(26)2)11-12-32-27/h4-12,15,18-19,30,32H,3,13-14,17H2,1-2H3,(H,31,33)/b8-7+. The summed E-state index contributed by atoms with van der Waals surface area (Å²) in [6, 6.07) is 16.8. The number of H-pyrrole nitrogens is 1. The van der Waals surface area contributed by atoms with E-state index in [1.54, 1.807) is 12.4 Å². The summed E-state index contributed by atoms with van der Waals surface area (Å²) in [6.07, 6.45) is 9.37. The van der Waals surface area contributed by atoms with Gasteiger partial charge >= 0.3 is 0 Å². The fourth-order valence-corrected chi connectivity index (χ4v) is 3.90. The molecular formula is C28H29N5O. The van der Waals surface area contributed by atoms with Crippen LogP contribution in [0.1, 0.15) is 34.7 Å². The van der Waals surface area contributed by atoms with Crippen molar-refractivity contribution in [3.63, 3.8) is 0 Å². The number of hydrogen-bond acceptors (Lipinski definition) is 5. The van der Waals surface area contributed by atoms with Crippen LogP contribution in [0.3, 0.4) is 0 Å². The van der Waals surface area contributed by atoms with Gasteiger partial charge in [0.2, 0.25) is 0 Å². The average molecular weight is 452 g/mol. The smallest absolute Gasteiger partial charge is 0.103 e. The van der Waals surface area contributed by atoms with Gasteiger partial charge in [0.25, 0.3) is 0 Å². The minimum absolute atomic E-state index is 0.503. The number of pyridine rings is 1. The predicted octanol–water partition coefficient (Wildman–Crippen LogP) is 5.78. The number of benzene rings is 2. The van der Waals surface area contributed by atoms with E-state index in [0.29, 0.717) is 12.2 Å². The van der Waals surface area contributed by atoms with Crippen molar-refractivity contribution in [2.24, 2.45) is 0 Å². The van der Waals surface area contributed by atoms with Gasteiger partial charge in [0.15, 0.2) is 0 Å². The summed E-state index contributed by atoms with van der Waals surface area (Å²) in [5.74, 6) is 0. The van der Waals surface area contributed by atoms with Gasteiger partial charge in [-0.3, -0.25) is 4.98 Å². The fourth-order valence-electron chi connectivity index (χ4n) is 3.90. The number of hydrogen-bond donors (Lipinski definition) is 3. The Morgan fingerprint density at radius 1 is 1.15 bits per heavy atom. The van der Waals surface area contributed by atoms with Crippen LogP contribution in [0.4, 0.5) is 11.4 Å². The number of ether oxygens (including phenoxy) is 1. The summed E-state index contributed by atoms with van der Waals surface area (Å²) in [6.45, 7) is 7.14. The topological polar surface area (TPSA) is 85.8 Å². The summed E-state index contributed by atoms with van der Waals surface area (Å²) < 4.78 is 5.37. The lowest BCUT2D eigenvalue weighted by Gasteiger charge is -2.14. The van der Waals surface area contributed by atoms with Crippen LogP contribution in [-0.4, -0.2) is 29.7 Å². The van der Waals surface area contributed by atoms with E-state index >= 15 is 0 Å². The SMILES string of the molecule is CCOCCNCc1cccc(/C=C/c2cncc(C#N)c2Nc2ccc3[nH]ccc3c2C)c1. The minimum atomic E-state index is 0.503. The van der Waals surface area contributed by atoms with Gasteiger partial charge in [-0.2, -0.15) is 5.26 Å². The molecule has 0 atom stereocenters. The lowest BCUT2D eigenvalue weighted by Crippen LogP contribution is -2.19. The predicted molar refractivity (Wildman–Crippen MR) is 139 cm³/mol. The third kappa shape index (κ3) is 5.52. The third-order valence-electron chi connectivity index (χ3n) is 5.72. The molecule has 2 aromatic carbocycles. The molecular weight excluding hydrogens is 422 g/mol. The van der Waals surface area contributed by atoms with Gasteiger partial charge in [0, 0.05) is 60.4 Å². The number of nitrogens with zero attached hydrogens (tertiary/aromatic N) is 2. The number of aryl methyl sites for hydroxylation is 1. The molecule has 0 aliphatic heterocycles. The Kier molecular flexibility index (Phi) is 7.71. The molecule has 0 fully saturated rings. The van der Waals surface area contributed by atoms with Crippen LogP contribution in [0, 0.1) is 18.3 Å². The number of fused-ring (bicyclic) bond motifs is 1. The Hall–Kier alpha value is -3.92. The minimum Gasteiger partial charge on any atom is -0.380 e. The zero-order valence-corrected chi connectivity index (χ0v) is 19.6. The summed E-state index contributed by atoms with van der Waals surface area (Å²) in [7, 11) is 0. The van der Waals surface area contributed by atoms with Crippen molar-refractivity contribution in [1.29, 1.82) is 5.26 Å². The Morgan fingerprint density at radius 2 is 2.06 bits per heavy atom. The van der Waals surface area contributed by atoms with Crippen molar-refractivity contribution in [3.8, 4) is 6.07 Å². The van der Waals surface area contributed by atoms with Gasteiger partial charge < -0.3 is 20.4 Å². The summed E-state index contributed by atoms with van der Waals surface area (Å²) in [5.41, 5.74) is 7.57. The number of rotatable bonds is 10. The first kappa shape index (κ1) is 23.2. The molecule has 0 saturated heterocycles. The number of nitriles is 1. The first-order valence-electron chi connectivity index (χ1n) is 11.5. The molecule has 4 aromatic rings. The molecule has 2 heterocycles. The van der Waals surface area contributed by atoms with E-state index < -0.39 is 0 Å². The molecule has 6 nitrogen and oxygen atoms in total. The quantitative estimate of drug-likeness (QED) is 0.266. The highest BCUT2D eigenvalue weighted by molar-refractivity contribution is 5.90. The molecule has 34 heavy (non-hydrogen) atoms. The molecule has 0 bridgehead atoms. The lowest BCUT2D eigenvalue weighted by molar-refractivity contribution is 0.149. The van der Waals surface area contributed by atoms with Crippen molar-refractivity contribution < 1.29 is 4.74 Å². The highest BCUT2D eigenvalue weighted by Gasteiger charge is 2.11. The summed E-state index contributed by atoms with van der Waals surface area (Å²) in [5, 5.41) is 17.7. The van der Waals surface area contributed by atoms with Crippen LogP contribution in [0.2, 0.25) is 0 Å². The van der Waals surface area contributed by atoms with Crippen molar-refractivity contribution in [2.75, 3.05) is 25.1 Å². The molecule has 0 unspecified atom stereocenters. The van der Waals surface area contributed by atoms with Gasteiger partial charge in [0.05, 0.1) is 17.9 Å². The zero-order chi connectivity index (χ0) is 23.8. The summed E-state index contributed by atoms with van der Waals surface area (Å²) >= 11 is 0. The van der Waals surface area contributed by atoms with Crippen molar-refractivity contribution >= 4 is 34.4 Å². The number of aromatic amines is 1. The maximum Gasteiger partial charge on any atom is 0.103 e. The van der Waals surface area contributed by atoms with E-state index in [4.69, 9.17) is 4.74 Å². The number of anilines is 2. The van der Waals surface area contributed by atoms with Gasteiger partial charge in [0.1, 0.15) is 6.07 Å². The Bertz CT molecular complexity index is 1330. The maximum atomic E-state index is 9.71. The van der Waals surface area contributed by atoms with E-state index in [1.165, 1.54) is 5.56 Å². The average Bonchev–Trinajstić information content (AvgIpc) is 3.35. The molecule has 172 valence electrons. The largest absolute Gasteiger partial charge is 0.380 e. The van der Waals surface area contributed by atoms with E-state index in [2.05, 4.69) is 70.0 Å². The van der Waals surface area contributed by atoms with Crippen LogP contribution in [-0.2, 0) is 11.3 Å². The molecule has 4 rings (SSSR count). The molecule has 3 N–H and O–H groups in total. The van der Waals surface area contributed by atoms with Gasteiger partial charge in [-0.15, -0.1) is 0 Å². The second-order valence-electron chi connectivity index (χ2n) is 8.02. The molecule has 0 aliphatic carbocycles. The Labute approximate surface area is 200 Å². The second kappa shape index (κ2) is 11.3. The van der Waals surface area contributed by atoms with Crippen LogP contribution in [0.5, 0.6) is 0 Å². The normalized spacial score (nSPS) is 11.2. The number of aromatic nitrogens is 2. The highest BCUT2D eigenvalue weighted by atomic mass is 16.5. The third-order valence-corrected chi connectivity index (χ3v) is 5.72. The first-order valence-corrected chi connectivity index (χ1v) is 11.5. The molecule has 6 heteroatoms.